The second kappa shape index (κ2) is 9.90. The molecule has 2 aromatic heterocycles. The van der Waals surface area contributed by atoms with Gasteiger partial charge in [-0.1, -0.05) is 33.8 Å². The zero-order valence-corrected chi connectivity index (χ0v) is 23.8. The summed E-state index contributed by atoms with van der Waals surface area (Å²) >= 11 is 0. The first-order chi connectivity index (χ1) is 17.7. The Morgan fingerprint density at radius 1 is 1.26 bits per heavy atom. The van der Waals surface area contributed by atoms with Crippen molar-refractivity contribution in [3.05, 3.63) is 58.9 Å². The summed E-state index contributed by atoms with van der Waals surface area (Å²) in [5.41, 5.74) is 4.22. The van der Waals surface area contributed by atoms with E-state index in [0.29, 0.717) is 23.4 Å². The first-order valence-electron chi connectivity index (χ1n) is 13.3. The number of hydrogen-bond donors (Lipinski definition) is 1. The van der Waals surface area contributed by atoms with Gasteiger partial charge in [-0.3, -0.25) is 9.59 Å². The van der Waals surface area contributed by atoms with Gasteiger partial charge < -0.3 is 14.8 Å². The number of rotatable bonds is 4. The third-order valence-corrected chi connectivity index (χ3v) is 8.33. The van der Waals surface area contributed by atoms with Gasteiger partial charge in [-0.05, 0) is 74.3 Å². The number of amides is 2. The van der Waals surface area contributed by atoms with Gasteiger partial charge in [0.1, 0.15) is 5.65 Å². The monoisotopic (exact) mass is 513 g/mol. The van der Waals surface area contributed by atoms with Crippen molar-refractivity contribution < 1.29 is 9.59 Å². The van der Waals surface area contributed by atoms with Crippen LogP contribution >= 0.6 is 0 Å². The van der Waals surface area contributed by atoms with Crippen molar-refractivity contribution in [2.45, 2.75) is 72.8 Å². The molecule has 2 unspecified atom stereocenters. The predicted molar refractivity (Wildman–Crippen MR) is 151 cm³/mol. The van der Waals surface area contributed by atoms with Gasteiger partial charge in [0.2, 0.25) is 5.91 Å². The van der Waals surface area contributed by atoms with E-state index in [1.54, 1.807) is 30.5 Å². The second-order valence-corrected chi connectivity index (χ2v) is 12.4. The topological polar surface area (TPSA) is 91.0 Å². The highest BCUT2D eigenvalue weighted by Gasteiger charge is 2.42. The molecule has 1 fully saturated rings. The third kappa shape index (κ3) is 5.05. The number of nitrogens with zero attached hydrogens (tertiary/aromatic N) is 4. The molecule has 2 atom stereocenters. The Morgan fingerprint density at radius 3 is 2.61 bits per heavy atom. The van der Waals surface area contributed by atoms with E-state index in [-0.39, 0.29) is 34.6 Å². The fourth-order valence-electron chi connectivity index (χ4n) is 5.58. The van der Waals surface area contributed by atoms with E-state index in [4.69, 9.17) is 4.98 Å². The first kappa shape index (κ1) is 27.4. The van der Waals surface area contributed by atoms with Crippen LogP contribution in [0, 0.1) is 29.6 Å². The first-order valence-corrected chi connectivity index (χ1v) is 13.3. The van der Waals surface area contributed by atoms with Crippen LogP contribution in [0.3, 0.4) is 0 Å². The number of carbonyl (C=O) groups is 2. The van der Waals surface area contributed by atoms with Crippen LogP contribution in [0.25, 0.3) is 11.0 Å². The van der Waals surface area contributed by atoms with Gasteiger partial charge in [0, 0.05) is 42.2 Å². The predicted octanol–water partition coefficient (Wildman–Crippen LogP) is 6.17. The number of carbonyl (C=O) groups excluding carboxylic acids is 2. The van der Waals surface area contributed by atoms with E-state index in [2.05, 4.69) is 57.1 Å². The van der Waals surface area contributed by atoms with Gasteiger partial charge in [-0.2, -0.15) is 5.26 Å². The average molecular weight is 514 g/mol. The van der Waals surface area contributed by atoms with Crippen LogP contribution in [-0.4, -0.2) is 38.3 Å². The van der Waals surface area contributed by atoms with Crippen LogP contribution < -0.4 is 5.32 Å². The molecule has 1 aromatic carbocycles. The molecule has 1 saturated heterocycles. The van der Waals surface area contributed by atoms with Crippen LogP contribution in [0.15, 0.2) is 36.7 Å². The average Bonchev–Trinajstić information content (AvgIpc) is 3.20. The lowest BCUT2D eigenvalue weighted by Gasteiger charge is -2.48. The molecule has 7 nitrogen and oxygen atoms in total. The summed E-state index contributed by atoms with van der Waals surface area (Å²) in [5.74, 6) is 0.163. The summed E-state index contributed by atoms with van der Waals surface area (Å²) in [6, 6.07) is 8.74. The smallest absolute Gasteiger partial charge is 0.255 e. The van der Waals surface area contributed by atoms with Crippen LogP contribution in [0.4, 0.5) is 5.69 Å². The lowest BCUT2D eigenvalue weighted by molar-refractivity contribution is -0.146. The molecule has 0 spiro atoms. The van der Waals surface area contributed by atoms with E-state index < -0.39 is 0 Å². The summed E-state index contributed by atoms with van der Waals surface area (Å²) in [5, 5.41) is 13.2. The van der Waals surface area contributed by atoms with Gasteiger partial charge in [-0.25, -0.2) is 4.98 Å². The van der Waals surface area contributed by atoms with E-state index in [9.17, 15) is 14.9 Å². The quantitative estimate of drug-likeness (QED) is 0.451. The van der Waals surface area contributed by atoms with Crippen molar-refractivity contribution in [3.8, 4) is 6.07 Å². The van der Waals surface area contributed by atoms with Gasteiger partial charge >= 0.3 is 0 Å². The van der Waals surface area contributed by atoms with Gasteiger partial charge in [0.25, 0.3) is 5.91 Å². The number of benzene rings is 1. The normalized spacial score (nSPS) is 18.2. The number of fused-ring (bicyclic) bond motifs is 1. The summed E-state index contributed by atoms with van der Waals surface area (Å²) in [6.07, 6.45) is 5.59. The maximum atomic E-state index is 13.4. The molecule has 0 bridgehead atoms. The second-order valence-electron chi connectivity index (χ2n) is 12.4. The molecule has 38 heavy (non-hydrogen) atoms. The molecule has 0 aliphatic carbocycles. The number of anilines is 1. The number of hydrogen-bond acceptors (Lipinski definition) is 4. The minimum Gasteiger partial charge on any atom is -0.337 e. The maximum absolute atomic E-state index is 13.4. The molecule has 7 heteroatoms. The number of nitriles is 1. The highest BCUT2D eigenvalue weighted by Crippen LogP contribution is 2.43. The van der Waals surface area contributed by atoms with E-state index >= 15 is 0 Å². The van der Waals surface area contributed by atoms with Crippen molar-refractivity contribution in [1.29, 1.82) is 5.26 Å². The summed E-state index contributed by atoms with van der Waals surface area (Å²) < 4.78 is 2.05. The summed E-state index contributed by atoms with van der Waals surface area (Å²) in [7, 11) is 2.00. The number of likely N-dealkylation sites (tertiary alicyclic amines) is 1. The number of piperidine rings is 1. The minimum absolute atomic E-state index is 0.0534. The molecular weight excluding hydrogens is 474 g/mol. The fraction of sp³-hybridized carbons (Fsp3) is 0.484. The Balaban J connectivity index is 1.64. The lowest BCUT2D eigenvalue weighted by Crippen LogP contribution is -2.55. The Bertz CT molecular complexity index is 1440. The van der Waals surface area contributed by atoms with Crippen LogP contribution in [0.5, 0.6) is 0 Å². The van der Waals surface area contributed by atoms with Gasteiger partial charge in [-0.15, -0.1) is 0 Å². The SMILES string of the molecule is Cc1c(NC(=O)c2cccc(C#N)c2)cnc2c1c(C1CCN(C(=O)C(C)C(C)(C)C)C(C)(C)C1)cn2C. The van der Waals surface area contributed by atoms with Crippen molar-refractivity contribution in [3.63, 3.8) is 0 Å². The molecule has 1 aliphatic heterocycles. The Kier molecular flexibility index (Phi) is 7.13. The van der Waals surface area contributed by atoms with Crippen LogP contribution in [0.1, 0.15) is 87.4 Å². The van der Waals surface area contributed by atoms with Gasteiger partial charge in [0.05, 0.1) is 23.5 Å². The Morgan fingerprint density at radius 2 is 1.97 bits per heavy atom. The van der Waals surface area contributed by atoms with Crippen LogP contribution in [-0.2, 0) is 11.8 Å². The zero-order chi connectivity index (χ0) is 28.0. The number of aromatic nitrogens is 2. The minimum atomic E-state index is -0.277. The molecule has 1 N–H and O–H groups in total. The lowest BCUT2D eigenvalue weighted by atomic mass is 9.76. The molecular formula is C31H39N5O2. The molecule has 1 aliphatic rings. The van der Waals surface area contributed by atoms with E-state index in [1.165, 1.54) is 5.56 Å². The largest absolute Gasteiger partial charge is 0.337 e. The third-order valence-electron chi connectivity index (χ3n) is 8.33. The van der Waals surface area contributed by atoms with Crippen molar-refractivity contribution in [1.82, 2.24) is 14.5 Å². The molecule has 3 heterocycles. The molecule has 200 valence electrons. The molecule has 4 rings (SSSR count). The number of aryl methyl sites for hydroxylation is 2. The van der Waals surface area contributed by atoms with Crippen molar-refractivity contribution in [2.75, 3.05) is 11.9 Å². The summed E-state index contributed by atoms with van der Waals surface area (Å²) in [6.45, 7) is 15.5. The molecule has 0 radical (unpaired) electrons. The van der Waals surface area contributed by atoms with Crippen molar-refractivity contribution in [2.24, 2.45) is 18.4 Å². The van der Waals surface area contributed by atoms with E-state index in [0.717, 1.165) is 29.4 Å². The zero-order valence-electron chi connectivity index (χ0n) is 23.8. The molecule has 0 saturated carbocycles. The standard InChI is InChI=1S/C31H39N5O2/c1-19-25(34-28(37)22-11-9-10-21(14-22)16-32)17-33-27-26(19)24(18-35(27)8)23-12-13-36(31(6,7)15-23)29(38)20(2)30(3,4)5/h9-11,14,17-18,20,23H,12-13,15H2,1-8H3,(H,34,37). The fourth-order valence-corrected chi connectivity index (χ4v) is 5.58. The number of pyridine rings is 1. The highest BCUT2D eigenvalue weighted by molar-refractivity contribution is 6.06. The highest BCUT2D eigenvalue weighted by atomic mass is 16.2. The number of nitrogens with one attached hydrogen (secondary N) is 1. The Labute approximate surface area is 225 Å². The van der Waals surface area contributed by atoms with Gasteiger partial charge in [0.15, 0.2) is 0 Å². The molecule has 3 aromatic rings. The Hall–Kier alpha value is -3.66. The maximum Gasteiger partial charge on any atom is 0.255 e. The van der Waals surface area contributed by atoms with E-state index in [1.807, 2.05) is 25.5 Å². The summed E-state index contributed by atoms with van der Waals surface area (Å²) in [4.78, 5) is 33.2. The van der Waals surface area contributed by atoms with Crippen molar-refractivity contribution >= 4 is 28.5 Å². The van der Waals surface area contributed by atoms with Crippen LogP contribution in [0.2, 0.25) is 0 Å². The molecule has 2 amide bonds.